The number of nitrogens with zero attached hydrogens (tertiary/aromatic N) is 1. The van der Waals surface area contributed by atoms with Gasteiger partial charge in [-0.25, -0.2) is 0 Å². The number of para-hydroxylation sites is 2. The third kappa shape index (κ3) is 2.47. The molecule has 0 bridgehead atoms. The average molecular weight is 274 g/mol. The van der Waals surface area contributed by atoms with Gasteiger partial charge in [0.25, 0.3) is 6.01 Å². The van der Waals surface area contributed by atoms with E-state index in [9.17, 15) is 5.11 Å². The summed E-state index contributed by atoms with van der Waals surface area (Å²) in [4.78, 5) is 4.31. The first-order valence-electron chi connectivity index (χ1n) is 6.00. The quantitative estimate of drug-likeness (QED) is 0.767. The summed E-state index contributed by atoms with van der Waals surface area (Å²) in [5.74, 6) is 0. The highest BCUT2D eigenvalue weighted by Crippen LogP contribution is 2.24. The van der Waals surface area contributed by atoms with E-state index in [1.165, 1.54) is 0 Å². The second-order valence-corrected chi connectivity index (χ2v) is 5.41. The molecule has 1 aromatic carbocycles. The van der Waals surface area contributed by atoms with Crippen LogP contribution in [0, 0.1) is 0 Å². The number of hydrogen-bond acceptors (Lipinski definition) is 5. The summed E-state index contributed by atoms with van der Waals surface area (Å²) in [6.07, 6.45) is 0. The van der Waals surface area contributed by atoms with Crippen LogP contribution >= 0.6 is 11.3 Å². The van der Waals surface area contributed by atoms with Gasteiger partial charge >= 0.3 is 0 Å². The Labute approximate surface area is 114 Å². The van der Waals surface area contributed by atoms with Crippen LogP contribution in [0.3, 0.4) is 0 Å². The van der Waals surface area contributed by atoms with Crippen molar-refractivity contribution < 1.29 is 9.52 Å². The van der Waals surface area contributed by atoms with Gasteiger partial charge in [-0.1, -0.05) is 12.1 Å². The third-order valence-electron chi connectivity index (χ3n) is 3.02. The maximum Gasteiger partial charge on any atom is 0.295 e. The number of anilines is 1. The van der Waals surface area contributed by atoms with Crippen molar-refractivity contribution in [1.29, 1.82) is 0 Å². The van der Waals surface area contributed by atoms with Crippen LogP contribution in [0.2, 0.25) is 0 Å². The Morgan fingerprint density at radius 1 is 1.37 bits per heavy atom. The lowest BCUT2D eigenvalue weighted by atomic mass is 10.00. The molecule has 3 rings (SSSR count). The van der Waals surface area contributed by atoms with E-state index >= 15 is 0 Å². The van der Waals surface area contributed by atoms with E-state index in [2.05, 4.69) is 10.3 Å². The van der Waals surface area contributed by atoms with Crippen LogP contribution in [0.5, 0.6) is 0 Å². The molecule has 0 aliphatic carbocycles. The van der Waals surface area contributed by atoms with Crippen molar-refractivity contribution in [1.82, 2.24) is 4.98 Å². The van der Waals surface area contributed by atoms with E-state index in [-0.39, 0.29) is 0 Å². The van der Waals surface area contributed by atoms with Crippen molar-refractivity contribution in [3.63, 3.8) is 0 Å². The van der Waals surface area contributed by atoms with Gasteiger partial charge in [-0.05, 0) is 41.4 Å². The van der Waals surface area contributed by atoms with E-state index in [0.717, 1.165) is 16.7 Å². The maximum absolute atomic E-state index is 10.4. The van der Waals surface area contributed by atoms with Crippen LogP contribution in [0.25, 0.3) is 11.1 Å². The van der Waals surface area contributed by atoms with Gasteiger partial charge in [0.1, 0.15) is 11.1 Å². The van der Waals surface area contributed by atoms with E-state index in [4.69, 9.17) is 4.42 Å². The Balaban J connectivity index is 1.75. The van der Waals surface area contributed by atoms with Crippen molar-refractivity contribution in [3.8, 4) is 0 Å². The zero-order chi connectivity index (χ0) is 13.3. The number of hydrogen-bond donors (Lipinski definition) is 2. The second kappa shape index (κ2) is 4.68. The van der Waals surface area contributed by atoms with Crippen LogP contribution in [-0.4, -0.2) is 16.6 Å². The molecule has 19 heavy (non-hydrogen) atoms. The molecule has 1 unspecified atom stereocenters. The molecule has 0 aliphatic heterocycles. The standard InChI is InChI=1S/C14H14N2O2S/c1-14(17,10-6-7-19-8-10)9-15-13-16-11-4-2-3-5-12(11)18-13/h2-8,17H,9H2,1H3,(H,15,16). The Kier molecular flexibility index (Phi) is 3.00. The number of nitrogens with one attached hydrogen (secondary N) is 1. The summed E-state index contributed by atoms with van der Waals surface area (Å²) in [5.41, 5.74) is 1.49. The van der Waals surface area contributed by atoms with E-state index in [1.54, 1.807) is 18.3 Å². The number of oxazole rings is 1. The highest BCUT2D eigenvalue weighted by Gasteiger charge is 2.24. The molecular weight excluding hydrogens is 260 g/mol. The van der Waals surface area contributed by atoms with Gasteiger partial charge in [0.2, 0.25) is 0 Å². The number of aromatic nitrogens is 1. The van der Waals surface area contributed by atoms with Gasteiger partial charge < -0.3 is 14.8 Å². The molecule has 2 heterocycles. The Bertz CT molecular complexity index is 641. The second-order valence-electron chi connectivity index (χ2n) is 4.63. The molecule has 5 heteroatoms. The van der Waals surface area contributed by atoms with Crippen LogP contribution in [0.15, 0.2) is 45.5 Å². The summed E-state index contributed by atoms with van der Waals surface area (Å²) in [7, 11) is 0. The minimum Gasteiger partial charge on any atom is -0.424 e. The van der Waals surface area contributed by atoms with Crippen molar-refractivity contribution in [2.24, 2.45) is 0 Å². The average Bonchev–Trinajstić information content (AvgIpc) is 3.05. The first-order chi connectivity index (χ1) is 9.15. The SMILES string of the molecule is CC(O)(CNc1nc2ccccc2o1)c1ccsc1. The number of benzene rings is 1. The fraction of sp³-hybridized carbons (Fsp3) is 0.214. The zero-order valence-corrected chi connectivity index (χ0v) is 11.3. The Morgan fingerprint density at radius 3 is 2.95 bits per heavy atom. The number of aliphatic hydroxyl groups is 1. The fourth-order valence-electron chi connectivity index (χ4n) is 1.87. The molecule has 0 spiro atoms. The molecule has 0 saturated heterocycles. The van der Waals surface area contributed by atoms with Crippen LogP contribution < -0.4 is 5.32 Å². The topological polar surface area (TPSA) is 58.3 Å². The smallest absolute Gasteiger partial charge is 0.295 e. The monoisotopic (exact) mass is 274 g/mol. The summed E-state index contributed by atoms with van der Waals surface area (Å²) >= 11 is 1.57. The summed E-state index contributed by atoms with van der Waals surface area (Å²) in [6, 6.07) is 9.91. The van der Waals surface area contributed by atoms with Crippen molar-refractivity contribution in [3.05, 3.63) is 46.7 Å². The molecule has 1 atom stereocenters. The van der Waals surface area contributed by atoms with Crippen molar-refractivity contribution >= 4 is 28.5 Å². The van der Waals surface area contributed by atoms with Gasteiger partial charge in [-0.15, -0.1) is 0 Å². The van der Waals surface area contributed by atoms with Gasteiger partial charge in [0.15, 0.2) is 5.58 Å². The molecule has 0 radical (unpaired) electrons. The van der Waals surface area contributed by atoms with Gasteiger partial charge in [0.05, 0.1) is 6.54 Å². The van der Waals surface area contributed by atoms with Crippen LogP contribution in [0.1, 0.15) is 12.5 Å². The highest BCUT2D eigenvalue weighted by atomic mass is 32.1. The third-order valence-corrected chi connectivity index (χ3v) is 3.70. The predicted molar refractivity (Wildman–Crippen MR) is 76.4 cm³/mol. The Hall–Kier alpha value is -1.85. The zero-order valence-electron chi connectivity index (χ0n) is 10.5. The molecule has 2 N–H and O–H groups in total. The van der Waals surface area contributed by atoms with E-state index < -0.39 is 5.60 Å². The first kappa shape index (κ1) is 12.2. The van der Waals surface area contributed by atoms with E-state index in [0.29, 0.717) is 12.6 Å². The lowest BCUT2D eigenvalue weighted by Gasteiger charge is -2.22. The molecule has 98 valence electrons. The number of fused-ring (bicyclic) bond motifs is 1. The lowest BCUT2D eigenvalue weighted by molar-refractivity contribution is 0.0714. The predicted octanol–water partition coefficient (Wildman–Crippen LogP) is 3.21. The molecule has 0 fully saturated rings. The minimum atomic E-state index is -0.944. The molecule has 0 saturated carbocycles. The summed E-state index contributed by atoms with van der Waals surface area (Å²) in [6.45, 7) is 2.11. The largest absolute Gasteiger partial charge is 0.424 e. The van der Waals surface area contributed by atoms with Crippen LogP contribution in [0.4, 0.5) is 6.01 Å². The van der Waals surface area contributed by atoms with Gasteiger partial charge in [0, 0.05) is 0 Å². The van der Waals surface area contributed by atoms with Gasteiger partial charge in [-0.2, -0.15) is 16.3 Å². The van der Waals surface area contributed by atoms with Crippen molar-refractivity contribution in [2.45, 2.75) is 12.5 Å². The first-order valence-corrected chi connectivity index (χ1v) is 6.94. The minimum absolute atomic E-state index is 0.344. The molecule has 4 nitrogen and oxygen atoms in total. The molecule has 0 aliphatic rings. The maximum atomic E-state index is 10.4. The summed E-state index contributed by atoms with van der Waals surface area (Å²) < 4.78 is 5.55. The fourth-order valence-corrected chi connectivity index (χ4v) is 2.65. The molecule has 0 amide bonds. The number of rotatable bonds is 4. The lowest BCUT2D eigenvalue weighted by Crippen LogP contribution is -2.30. The molecule has 3 aromatic rings. The summed E-state index contributed by atoms with van der Waals surface area (Å²) in [5, 5.41) is 17.3. The van der Waals surface area contributed by atoms with Crippen molar-refractivity contribution in [2.75, 3.05) is 11.9 Å². The van der Waals surface area contributed by atoms with Crippen LogP contribution in [-0.2, 0) is 5.60 Å². The van der Waals surface area contributed by atoms with Gasteiger partial charge in [-0.3, -0.25) is 0 Å². The molecular formula is C14H14N2O2S. The molecule has 2 aromatic heterocycles. The number of thiophene rings is 1. The Morgan fingerprint density at radius 2 is 2.21 bits per heavy atom. The highest BCUT2D eigenvalue weighted by molar-refractivity contribution is 7.08. The van der Waals surface area contributed by atoms with E-state index in [1.807, 2.05) is 41.1 Å². The normalized spacial score (nSPS) is 14.4.